The highest BCUT2D eigenvalue weighted by Gasteiger charge is 2.11. The van der Waals surface area contributed by atoms with Gasteiger partial charge in [0.2, 0.25) is 0 Å². The summed E-state index contributed by atoms with van der Waals surface area (Å²) >= 11 is 0. The Hall–Kier alpha value is -1.13. The first kappa shape index (κ1) is 11.4. The predicted octanol–water partition coefficient (Wildman–Crippen LogP) is 0.809. The zero-order valence-corrected chi connectivity index (χ0v) is 9.56. The molecule has 0 radical (unpaired) electrons. The lowest BCUT2D eigenvalue weighted by Crippen LogP contribution is -2.36. The molecule has 4 heteroatoms. The highest BCUT2D eigenvalue weighted by Crippen LogP contribution is 2.13. The van der Waals surface area contributed by atoms with Crippen molar-refractivity contribution in [2.24, 2.45) is 5.73 Å². The molecule has 0 aliphatic carbocycles. The molecular weight excluding hydrogens is 202 g/mol. The van der Waals surface area contributed by atoms with Gasteiger partial charge >= 0.3 is 0 Å². The minimum absolute atomic E-state index is 0.741. The van der Waals surface area contributed by atoms with Crippen LogP contribution in [0.15, 0.2) is 18.3 Å². The third-order valence-corrected chi connectivity index (χ3v) is 2.81. The van der Waals surface area contributed by atoms with Gasteiger partial charge in [-0.15, -0.1) is 0 Å². The van der Waals surface area contributed by atoms with Crippen molar-refractivity contribution in [2.45, 2.75) is 12.8 Å². The van der Waals surface area contributed by atoms with Crippen LogP contribution in [0.4, 0.5) is 5.82 Å². The quantitative estimate of drug-likeness (QED) is 0.817. The van der Waals surface area contributed by atoms with Gasteiger partial charge in [-0.25, -0.2) is 4.98 Å². The monoisotopic (exact) mass is 221 g/mol. The molecule has 88 valence electrons. The van der Waals surface area contributed by atoms with E-state index < -0.39 is 0 Å². The lowest BCUT2D eigenvalue weighted by atomic mass is 10.1. The molecule has 1 aliphatic heterocycles. The Balaban J connectivity index is 1.95. The van der Waals surface area contributed by atoms with Crippen molar-refractivity contribution in [3.63, 3.8) is 0 Å². The number of nitrogens with two attached hydrogens (primary N) is 1. The molecule has 0 spiro atoms. The van der Waals surface area contributed by atoms with Crippen molar-refractivity contribution >= 4 is 5.82 Å². The van der Waals surface area contributed by atoms with Crippen molar-refractivity contribution in [3.8, 4) is 0 Å². The molecular formula is C12H19N3O. The van der Waals surface area contributed by atoms with Crippen molar-refractivity contribution in [3.05, 3.63) is 23.9 Å². The fourth-order valence-corrected chi connectivity index (χ4v) is 1.85. The maximum absolute atomic E-state index is 5.48. The fraction of sp³-hybridized carbons (Fsp3) is 0.583. The molecule has 0 bridgehead atoms. The molecule has 16 heavy (non-hydrogen) atoms. The van der Waals surface area contributed by atoms with Crippen LogP contribution in [0.1, 0.15) is 12.0 Å². The van der Waals surface area contributed by atoms with Crippen LogP contribution in [-0.2, 0) is 11.2 Å². The van der Waals surface area contributed by atoms with E-state index in [1.54, 1.807) is 0 Å². The first-order valence-corrected chi connectivity index (χ1v) is 5.88. The Morgan fingerprint density at radius 3 is 2.75 bits per heavy atom. The van der Waals surface area contributed by atoms with Gasteiger partial charge in [0.05, 0.1) is 13.2 Å². The topological polar surface area (TPSA) is 51.4 Å². The average Bonchev–Trinajstić information content (AvgIpc) is 2.38. The van der Waals surface area contributed by atoms with Crippen molar-refractivity contribution < 1.29 is 4.74 Å². The van der Waals surface area contributed by atoms with Gasteiger partial charge in [0.25, 0.3) is 0 Å². The van der Waals surface area contributed by atoms with E-state index in [4.69, 9.17) is 10.5 Å². The van der Waals surface area contributed by atoms with Gasteiger partial charge in [-0.05, 0) is 31.0 Å². The van der Waals surface area contributed by atoms with Crippen LogP contribution in [0.3, 0.4) is 0 Å². The van der Waals surface area contributed by atoms with Gasteiger partial charge in [0, 0.05) is 19.3 Å². The highest BCUT2D eigenvalue weighted by molar-refractivity contribution is 5.39. The molecule has 2 N–H and O–H groups in total. The van der Waals surface area contributed by atoms with Crippen LogP contribution >= 0.6 is 0 Å². The van der Waals surface area contributed by atoms with Crippen LogP contribution < -0.4 is 10.6 Å². The number of rotatable bonds is 4. The number of hydrogen-bond acceptors (Lipinski definition) is 4. The van der Waals surface area contributed by atoms with Gasteiger partial charge in [0.1, 0.15) is 5.82 Å². The van der Waals surface area contributed by atoms with Gasteiger partial charge in [-0.3, -0.25) is 0 Å². The highest BCUT2D eigenvalue weighted by atomic mass is 16.5. The lowest BCUT2D eigenvalue weighted by molar-refractivity contribution is 0.122. The third kappa shape index (κ3) is 2.93. The number of morpholine rings is 1. The van der Waals surface area contributed by atoms with E-state index in [0.29, 0.717) is 0 Å². The minimum atomic E-state index is 0.741. The molecule has 0 aromatic carbocycles. The van der Waals surface area contributed by atoms with Crippen LogP contribution in [-0.4, -0.2) is 37.8 Å². The predicted molar refractivity (Wildman–Crippen MR) is 64.6 cm³/mol. The molecule has 1 aliphatic rings. The molecule has 0 unspecified atom stereocenters. The summed E-state index contributed by atoms with van der Waals surface area (Å²) in [6.07, 6.45) is 4.01. The first-order valence-electron chi connectivity index (χ1n) is 5.88. The van der Waals surface area contributed by atoms with E-state index in [1.807, 2.05) is 6.20 Å². The maximum Gasteiger partial charge on any atom is 0.128 e. The molecule has 1 aromatic rings. The van der Waals surface area contributed by atoms with Crippen molar-refractivity contribution in [2.75, 3.05) is 37.7 Å². The molecule has 2 rings (SSSR count). The van der Waals surface area contributed by atoms with Gasteiger partial charge in [0.15, 0.2) is 0 Å². The molecule has 1 saturated heterocycles. The molecule has 1 fully saturated rings. The summed E-state index contributed by atoms with van der Waals surface area (Å²) in [5.74, 6) is 1.06. The molecule has 4 nitrogen and oxygen atoms in total. The SMILES string of the molecule is NCCCc1ccc(N2CCOCC2)nc1. The van der Waals surface area contributed by atoms with E-state index in [2.05, 4.69) is 22.0 Å². The van der Waals surface area contributed by atoms with Crippen LogP contribution in [0.25, 0.3) is 0 Å². The molecule has 0 amide bonds. The normalized spacial score (nSPS) is 16.4. The van der Waals surface area contributed by atoms with Gasteiger partial charge in [-0.1, -0.05) is 6.07 Å². The molecule has 2 heterocycles. The van der Waals surface area contributed by atoms with Gasteiger partial charge < -0.3 is 15.4 Å². The van der Waals surface area contributed by atoms with Crippen molar-refractivity contribution in [1.82, 2.24) is 4.98 Å². The van der Waals surface area contributed by atoms with Crippen LogP contribution in [0, 0.1) is 0 Å². The summed E-state index contributed by atoms with van der Waals surface area (Å²) in [5, 5.41) is 0. The second kappa shape index (κ2) is 5.82. The van der Waals surface area contributed by atoms with E-state index in [0.717, 1.165) is 51.5 Å². The molecule has 0 saturated carbocycles. The van der Waals surface area contributed by atoms with Crippen molar-refractivity contribution in [1.29, 1.82) is 0 Å². The van der Waals surface area contributed by atoms with Crippen LogP contribution in [0.5, 0.6) is 0 Å². The number of hydrogen-bond donors (Lipinski definition) is 1. The van der Waals surface area contributed by atoms with E-state index in [-0.39, 0.29) is 0 Å². The molecule has 1 aromatic heterocycles. The zero-order valence-electron chi connectivity index (χ0n) is 9.56. The number of aryl methyl sites for hydroxylation is 1. The third-order valence-electron chi connectivity index (χ3n) is 2.81. The fourth-order valence-electron chi connectivity index (χ4n) is 1.85. The average molecular weight is 221 g/mol. The second-order valence-electron chi connectivity index (χ2n) is 4.02. The second-order valence-corrected chi connectivity index (χ2v) is 4.02. The number of anilines is 1. The Morgan fingerprint density at radius 1 is 1.31 bits per heavy atom. The summed E-state index contributed by atoms with van der Waals surface area (Å²) in [6, 6.07) is 4.24. The zero-order chi connectivity index (χ0) is 11.2. The lowest BCUT2D eigenvalue weighted by Gasteiger charge is -2.27. The largest absolute Gasteiger partial charge is 0.378 e. The van der Waals surface area contributed by atoms with Crippen LogP contribution in [0.2, 0.25) is 0 Å². The number of aromatic nitrogens is 1. The Bertz CT molecular complexity index is 307. The Kier molecular flexibility index (Phi) is 4.13. The van der Waals surface area contributed by atoms with E-state index in [9.17, 15) is 0 Å². The minimum Gasteiger partial charge on any atom is -0.378 e. The standard InChI is InChI=1S/C12H19N3O/c13-5-1-2-11-3-4-12(14-10-11)15-6-8-16-9-7-15/h3-4,10H,1-2,5-9,13H2. The summed E-state index contributed by atoms with van der Waals surface area (Å²) in [6.45, 7) is 4.22. The number of pyridine rings is 1. The van der Waals surface area contributed by atoms with Gasteiger partial charge in [-0.2, -0.15) is 0 Å². The summed E-state index contributed by atoms with van der Waals surface area (Å²) in [4.78, 5) is 6.74. The number of ether oxygens (including phenoxy) is 1. The van der Waals surface area contributed by atoms with E-state index >= 15 is 0 Å². The Morgan fingerprint density at radius 2 is 2.12 bits per heavy atom. The summed E-state index contributed by atoms with van der Waals surface area (Å²) < 4.78 is 5.31. The summed E-state index contributed by atoms with van der Waals surface area (Å²) in [7, 11) is 0. The number of nitrogens with zero attached hydrogens (tertiary/aromatic N) is 2. The maximum atomic E-state index is 5.48. The molecule has 0 atom stereocenters. The summed E-state index contributed by atoms with van der Waals surface area (Å²) in [5.41, 5.74) is 6.75. The Labute approximate surface area is 96.4 Å². The van der Waals surface area contributed by atoms with E-state index in [1.165, 1.54) is 5.56 Å². The first-order chi connectivity index (χ1) is 7.90. The smallest absolute Gasteiger partial charge is 0.128 e.